The Hall–Kier alpha value is -3.36. The van der Waals surface area contributed by atoms with Crippen LogP contribution >= 0.6 is 0 Å². The van der Waals surface area contributed by atoms with Crippen molar-refractivity contribution in [2.45, 2.75) is 38.8 Å². The number of carbonyl (C=O) groups excluding carboxylic acids is 1. The van der Waals surface area contributed by atoms with E-state index >= 15 is 0 Å². The largest absolute Gasteiger partial charge is 0.420 e. The van der Waals surface area contributed by atoms with Gasteiger partial charge in [-0.2, -0.15) is 0 Å². The Kier molecular flexibility index (Phi) is 5.55. The summed E-state index contributed by atoms with van der Waals surface area (Å²) >= 11 is 0. The van der Waals surface area contributed by atoms with Gasteiger partial charge in [0.2, 0.25) is 5.91 Å². The lowest BCUT2D eigenvalue weighted by Crippen LogP contribution is -2.50. The van der Waals surface area contributed by atoms with Crippen LogP contribution in [-0.2, 0) is 11.3 Å². The minimum atomic E-state index is -0.503. The van der Waals surface area contributed by atoms with E-state index in [9.17, 15) is 9.59 Å². The predicted octanol–water partition coefficient (Wildman–Crippen LogP) is 2.11. The van der Waals surface area contributed by atoms with Gasteiger partial charge in [-0.25, -0.2) is 4.79 Å². The first-order valence-electron chi connectivity index (χ1n) is 11.3. The number of aromatic nitrogens is 3. The van der Waals surface area contributed by atoms with E-state index < -0.39 is 5.76 Å². The summed E-state index contributed by atoms with van der Waals surface area (Å²) < 4.78 is 6.63. The summed E-state index contributed by atoms with van der Waals surface area (Å²) in [4.78, 5) is 31.3. The second kappa shape index (κ2) is 8.64. The first-order valence-corrected chi connectivity index (χ1v) is 11.3. The van der Waals surface area contributed by atoms with Gasteiger partial charge >= 0.3 is 5.76 Å². The number of anilines is 2. The number of rotatable bonds is 4. The summed E-state index contributed by atoms with van der Waals surface area (Å²) in [5.74, 6) is 1.19. The Morgan fingerprint density at radius 1 is 1.00 bits per heavy atom. The third kappa shape index (κ3) is 3.94. The number of oxazole rings is 1. The zero-order valence-electron chi connectivity index (χ0n) is 18.3. The van der Waals surface area contributed by atoms with Crippen molar-refractivity contribution in [3.63, 3.8) is 0 Å². The maximum Gasteiger partial charge on any atom is 0.420 e. The number of piperidine rings is 1. The molecule has 0 aliphatic carbocycles. The van der Waals surface area contributed by atoms with Crippen LogP contribution in [0.4, 0.5) is 11.6 Å². The lowest BCUT2D eigenvalue weighted by molar-refractivity contribution is -0.132. The number of nitrogens with zero attached hydrogens (tertiary/aromatic N) is 6. The highest BCUT2D eigenvalue weighted by molar-refractivity contribution is 5.79. The molecule has 0 saturated carbocycles. The van der Waals surface area contributed by atoms with Crippen molar-refractivity contribution in [1.29, 1.82) is 0 Å². The van der Waals surface area contributed by atoms with Crippen molar-refractivity contribution in [1.82, 2.24) is 19.7 Å². The van der Waals surface area contributed by atoms with Gasteiger partial charge in [0.15, 0.2) is 17.2 Å². The molecule has 0 bridgehead atoms. The lowest BCUT2D eigenvalue weighted by Gasteiger charge is -2.36. The highest BCUT2D eigenvalue weighted by Gasteiger charge is 2.25. The van der Waals surface area contributed by atoms with E-state index in [1.807, 2.05) is 12.1 Å². The van der Waals surface area contributed by atoms with Crippen LogP contribution in [0.2, 0.25) is 0 Å². The van der Waals surface area contributed by atoms with Gasteiger partial charge < -0.3 is 19.1 Å². The third-order valence-corrected chi connectivity index (χ3v) is 6.56. The lowest BCUT2D eigenvalue weighted by atomic mass is 10.0. The molecule has 1 aromatic carbocycles. The number of amides is 1. The molecule has 2 fully saturated rings. The van der Waals surface area contributed by atoms with Crippen LogP contribution in [-0.4, -0.2) is 64.3 Å². The molecule has 0 spiro atoms. The number of carbonyl (C=O) groups is 1. The standard InChI is InChI=1S/C23H28N6O3/c1-17-6-4-5-11-28(17)21-10-9-20(24-25-21)26-12-14-27(15-13-26)22(30)16-29-18-7-2-3-8-19(18)32-23(29)31/h2-3,7-10,17H,4-6,11-16H2,1H3. The molecule has 32 heavy (non-hydrogen) atoms. The average molecular weight is 437 g/mol. The summed E-state index contributed by atoms with van der Waals surface area (Å²) in [5.41, 5.74) is 1.14. The van der Waals surface area contributed by atoms with Crippen LogP contribution in [0.25, 0.3) is 11.1 Å². The van der Waals surface area contributed by atoms with E-state index in [1.165, 1.54) is 23.8 Å². The predicted molar refractivity (Wildman–Crippen MR) is 122 cm³/mol. The number of hydrogen-bond acceptors (Lipinski definition) is 7. The Morgan fingerprint density at radius 2 is 1.75 bits per heavy atom. The number of piperazine rings is 1. The molecule has 4 heterocycles. The Labute approximate surface area is 186 Å². The number of fused-ring (bicyclic) bond motifs is 1. The molecule has 5 rings (SSSR count). The van der Waals surface area contributed by atoms with E-state index in [1.54, 1.807) is 23.1 Å². The normalized spacial score (nSPS) is 19.5. The van der Waals surface area contributed by atoms with Crippen molar-refractivity contribution in [3.05, 3.63) is 46.9 Å². The van der Waals surface area contributed by atoms with E-state index in [-0.39, 0.29) is 12.5 Å². The second-order valence-electron chi connectivity index (χ2n) is 8.58. The molecule has 1 unspecified atom stereocenters. The summed E-state index contributed by atoms with van der Waals surface area (Å²) in [6.07, 6.45) is 3.67. The van der Waals surface area contributed by atoms with E-state index in [0.717, 1.165) is 18.2 Å². The monoisotopic (exact) mass is 436 g/mol. The van der Waals surface area contributed by atoms with Gasteiger partial charge in [0.05, 0.1) is 5.52 Å². The first-order chi connectivity index (χ1) is 15.6. The minimum Gasteiger partial charge on any atom is -0.408 e. The first kappa shape index (κ1) is 20.5. The van der Waals surface area contributed by atoms with Crippen molar-refractivity contribution in [2.24, 2.45) is 0 Å². The summed E-state index contributed by atoms with van der Waals surface area (Å²) in [5, 5.41) is 8.94. The fourth-order valence-electron chi connectivity index (χ4n) is 4.66. The Morgan fingerprint density at radius 3 is 2.50 bits per heavy atom. The highest BCUT2D eigenvalue weighted by atomic mass is 16.4. The van der Waals surface area contributed by atoms with Crippen LogP contribution < -0.4 is 15.6 Å². The molecule has 3 aromatic rings. The van der Waals surface area contributed by atoms with E-state index in [4.69, 9.17) is 4.42 Å². The minimum absolute atomic E-state index is 0.0155. The van der Waals surface area contributed by atoms with Crippen LogP contribution in [0.15, 0.2) is 45.6 Å². The van der Waals surface area contributed by atoms with Crippen molar-refractivity contribution in [3.8, 4) is 0 Å². The smallest absolute Gasteiger partial charge is 0.408 e. The molecule has 2 saturated heterocycles. The summed E-state index contributed by atoms with van der Waals surface area (Å²) in [7, 11) is 0. The van der Waals surface area contributed by atoms with Gasteiger partial charge in [-0.05, 0) is 50.5 Å². The number of para-hydroxylation sites is 2. The second-order valence-corrected chi connectivity index (χ2v) is 8.58. The fourth-order valence-corrected chi connectivity index (χ4v) is 4.66. The molecule has 2 aromatic heterocycles. The molecule has 0 radical (unpaired) electrons. The van der Waals surface area contributed by atoms with E-state index in [0.29, 0.717) is 43.3 Å². The molecule has 168 valence electrons. The molecular weight excluding hydrogens is 408 g/mol. The van der Waals surface area contributed by atoms with Gasteiger partial charge in [0.25, 0.3) is 0 Å². The quantitative estimate of drug-likeness (QED) is 0.619. The SMILES string of the molecule is CC1CCCCN1c1ccc(N2CCN(C(=O)Cn3c(=O)oc4ccccc43)CC2)nn1. The van der Waals surface area contributed by atoms with Gasteiger partial charge in [-0.15, -0.1) is 10.2 Å². The molecular formula is C23H28N6O3. The van der Waals surface area contributed by atoms with Gasteiger partial charge in [-0.1, -0.05) is 12.1 Å². The molecule has 2 aliphatic heterocycles. The molecule has 9 nitrogen and oxygen atoms in total. The maximum atomic E-state index is 12.8. The van der Waals surface area contributed by atoms with Gasteiger partial charge in [0.1, 0.15) is 6.54 Å². The van der Waals surface area contributed by atoms with Crippen molar-refractivity contribution < 1.29 is 9.21 Å². The topological polar surface area (TPSA) is 87.7 Å². The Bertz CT molecular complexity index is 1150. The zero-order chi connectivity index (χ0) is 22.1. The Balaban J connectivity index is 1.20. The van der Waals surface area contributed by atoms with Crippen molar-refractivity contribution in [2.75, 3.05) is 42.5 Å². The summed E-state index contributed by atoms with van der Waals surface area (Å²) in [6, 6.07) is 11.7. The van der Waals surface area contributed by atoms with Crippen LogP contribution in [0, 0.1) is 0 Å². The van der Waals surface area contributed by atoms with Crippen LogP contribution in [0.5, 0.6) is 0 Å². The van der Waals surface area contributed by atoms with Crippen LogP contribution in [0.1, 0.15) is 26.2 Å². The van der Waals surface area contributed by atoms with Gasteiger partial charge in [-0.3, -0.25) is 9.36 Å². The molecule has 1 amide bonds. The number of benzene rings is 1. The third-order valence-electron chi connectivity index (χ3n) is 6.56. The summed E-state index contributed by atoms with van der Waals surface area (Å²) in [6.45, 7) is 5.78. The molecule has 2 aliphatic rings. The van der Waals surface area contributed by atoms with Crippen molar-refractivity contribution >= 4 is 28.6 Å². The highest BCUT2D eigenvalue weighted by Crippen LogP contribution is 2.24. The molecule has 9 heteroatoms. The van der Waals surface area contributed by atoms with Gasteiger partial charge in [0, 0.05) is 38.8 Å². The molecule has 1 atom stereocenters. The zero-order valence-corrected chi connectivity index (χ0v) is 18.3. The number of hydrogen-bond donors (Lipinski definition) is 0. The fraction of sp³-hybridized carbons (Fsp3) is 0.478. The van der Waals surface area contributed by atoms with Crippen LogP contribution in [0.3, 0.4) is 0 Å². The average Bonchev–Trinajstić information content (AvgIpc) is 3.14. The maximum absolute atomic E-state index is 12.8. The molecule has 0 N–H and O–H groups in total. The van der Waals surface area contributed by atoms with E-state index in [2.05, 4.69) is 33.0 Å².